The van der Waals surface area contributed by atoms with E-state index in [2.05, 4.69) is 10.2 Å². The van der Waals surface area contributed by atoms with Crippen molar-refractivity contribution < 1.29 is 18.7 Å². The first kappa shape index (κ1) is 21.1. The molecule has 2 aromatic carbocycles. The highest BCUT2D eigenvalue weighted by Crippen LogP contribution is 2.33. The van der Waals surface area contributed by atoms with Crippen molar-refractivity contribution >= 4 is 17.7 Å². The molecule has 1 N–H and O–H groups in total. The number of carbonyl (C=O) groups excluding carboxylic acids is 1. The SMILES string of the molecule is CCOC(C=O)Cc1ccc(NCCCN2CC(C)Oc3cc(F)ccc32)cc1. The molecule has 0 fully saturated rings. The number of nitrogens with one attached hydrogen (secondary N) is 1. The molecule has 0 aromatic heterocycles. The van der Waals surface area contributed by atoms with E-state index in [0.717, 1.165) is 49.3 Å². The van der Waals surface area contributed by atoms with Crippen molar-refractivity contribution in [1.82, 2.24) is 0 Å². The highest BCUT2D eigenvalue weighted by molar-refractivity contribution is 5.60. The van der Waals surface area contributed by atoms with Crippen LogP contribution in [0.15, 0.2) is 42.5 Å². The first-order valence-electron chi connectivity index (χ1n) is 10.2. The Balaban J connectivity index is 1.47. The lowest BCUT2D eigenvalue weighted by molar-refractivity contribution is -0.117. The van der Waals surface area contributed by atoms with Gasteiger partial charge in [-0.1, -0.05) is 12.1 Å². The number of aldehydes is 1. The molecule has 0 spiro atoms. The van der Waals surface area contributed by atoms with E-state index in [4.69, 9.17) is 9.47 Å². The maximum Gasteiger partial charge on any atom is 0.149 e. The van der Waals surface area contributed by atoms with E-state index in [1.165, 1.54) is 12.1 Å². The number of halogens is 1. The summed E-state index contributed by atoms with van der Waals surface area (Å²) in [6, 6.07) is 12.8. The van der Waals surface area contributed by atoms with Crippen molar-refractivity contribution in [2.24, 2.45) is 0 Å². The fraction of sp³-hybridized carbons (Fsp3) is 0.435. The summed E-state index contributed by atoms with van der Waals surface area (Å²) >= 11 is 0. The molecule has 0 saturated heterocycles. The number of anilines is 2. The third-order valence-corrected chi connectivity index (χ3v) is 4.93. The predicted molar refractivity (Wildman–Crippen MR) is 113 cm³/mol. The van der Waals surface area contributed by atoms with Gasteiger partial charge in [0.25, 0.3) is 0 Å². The lowest BCUT2D eigenvalue weighted by Crippen LogP contribution is -2.39. The molecule has 0 aliphatic carbocycles. The topological polar surface area (TPSA) is 50.8 Å². The van der Waals surface area contributed by atoms with Gasteiger partial charge < -0.3 is 24.5 Å². The van der Waals surface area contributed by atoms with Crippen LogP contribution in [0.4, 0.5) is 15.8 Å². The monoisotopic (exact) mass is 400 g/mol. The van der Waals surface area contributed by atoms with Crippen molar-refractivity contribution in [3.8, 4) is 5.75 Å². The van der Waals surface area contributed by atoms with Gasteiger partial charge in [-0.25, -0.2) is 4.39 Å². The van der Waals surface area contributed by atoms with E-state index in [-0.39, 0.29) is 18.0 Å². The van der Waals surface area contributed by atoms with E-state index in [1.807, 2.05) is 38.1 Å². The number of carbonyl (C=O) groups is 1. The lowest BCUT2D eigenvalue weighted by atomic mass is 10.1. The summed E-state index contributed by atoms with van der Waals surface area (Å²) in [5.41, 5.74) is 3.07. The van der Waals surface area contributed by atoms with Gasteiger partial charge in [-0.05, 0) is 50.1 Å². The third-order valence-electron chi connectivity index (χ3n) is 4.93. The van der Waals surface area contributed by atoms with Gasteiger partial charge in [0.2, 0.25) is 0 Å². The Bertz CT molecular complexity index is 797. The van der Waals surface area contributed by atoms with E-state index < -0.39 is 0 Å². The van der Waals surface area contributed by atoms with Crippen molar-refractivity contribution in [3.05, 3.63) is 53.8 Å². The van der Waals surface area contributed by atoms with Gasteiger partial charge >= 0.3 is 0 Å². The quantitative estimate of drug-likeness (QED) is 0.481. The molecular weight excluding hydrogens is 371 g/mol. The third kappa shape index (κ3) is 5.94. The molecule has 2 unspecified atom stereocenters. The van der Waals surface area contributed by atoms with E-state index in [1.54, 1.807) is 6.07 Å². The van der Waals surface area contributed by atoms with Crippen LogP contribution >= 0.6 is 0 Å². The van der Waals surface area contributed by atoms with Crippen LogP contribution in [0.5, 0.6) is 5.75 Å². The minimum atomic E-state index is -0.383. The maximum atomic E-state index is 13.5. The average Bonchev–Trinajstić information content (AvgIpc) is 2.71. The van der Waals surface area contributed by atoms with E-state index >= 15 is 0 Å². The van der Waals surface area contributed by atoms with Gasteiger partial charge in [0.15, 0.2) is 0 Å². The second-order valence-electron chi connectivity index (χ2n) is 7.30. The zero-order chi connectivity index (χ0) is 20.6. The molecule has 6 heteroatoms. The molecule has 2 aromatic rings. The molecule has 3 rings (SSSR count). The van der Waals surface area contributed by atoms with Crippen LogP contribution in [0.1, 0.15) is 25.8 Å². The number of hydrogen-bond acceptors (Lipinski definition) is 5. The average molecular weight is 400 g/mol. The molecule has 29 heavy (non-hydrogen) atoms. The number of nitrogens with zero attached hydrogens (tertiary/aromatic N) is 1. The lowest BCUT2D eigenvalue weighted by Gasteiger charge is -2.35. The minimum absolute atomic E-state index is 0.0386. The molecule has 1 heterocycles. The second-order valence-corrected chi connectivity index (χ2v) is 7.30. The zero-order valence-electron chi connectivity index (χ0n) is 17.1. The molecule has 0 radical (unpaired) electrons. The molecule has 156 valence electrons. The highest BCUT2D eigenvalue weighted by atomic mass is 19.1. The van der Waals surface area contributed by atoms with Gasteiger partial charge in [0.1, 0.15) is 30.1 Å². The molecule has 0 saturated carbocycles. The van der Waals surface area contributed by atoms with Crippen LogP contribution in [0, 0.1) is 5.82 Å². The molecule has 0 amide bonds. The maximum absolute atomic E-state index is 13.5. The number of rotatable bonds is 10. The molecule has 2 atom stereocenters. The Morgan fingerprint density at radius 3 is 2.83 bits per heavy atom. The van der Waals surface area contributed by atoms with Crippen LogP contribution < -0.4 is 15.0 Å². The summed E-state index contributed by atoms with van der Waals surface area (Å²) in [7, 11) is 0. The Morgan fingerprint density at radius 2 is 2.10 bits per heavy atom. The fourth-order valence-electron chi connectivity index (χ4n) is 3.57. The first-order valence-corrected chi connectivity index (χ1v) is 10.2. The van der Waals surface area contributed by atoms with Gasteiger partial charge in [-0.3, -0.25) is 0 Å². The number of ether oxygens (including phenoxy) is 2. The first-order chi connectivity index (χ1) is 14.1. The van der Waals surface area contributed by atoms with E-state index in [9.17, 15) is 9.18 Å². The Morgan fingerprint density at radius 1 is 1.31 bits per heavy atom. The number of hydrogen-bond donors (Lipinski definition) is 1. The predicted octanol–water partition coefficient (Wildman–Crippen LogP) is 4.06. The van der Waals surface area contributed by atoms with Crippen LogP contribution in [0.25, 0.3) is 0 Å². The Labute approximate surface area is 171 Å². The fourth-order valence-corrected chi connectivity index (χ4v) is 3.57. The smallest absolute Gasteiger partial charge is 0.149 e. The summed E-state index contributed by atoms with van der Waals surface area (Å²) in [6.07, 6.45) is 2.05. The molecule has 1 aliphatic rings. The largest absolute Gasteiger partial charge is 0.487 e. The molecule has 0 bridgehead atoms. The Hall–Kier alpha value is -2.60. The number of benzene rings is 2. The van der Waals surface area contributed by atoms with Crippen molar-refractivity contribution in [2.75, 3.05) is 36.5 Å². The summed E-state index contributed by atoms with van der Waals surface area (Å²) in [5, 5.41) is 3.43. The summed E-state index contributed by atoms with van der Waals surface area (Å²) in [5.74, 6) is 0.344. The van der Waals surface area contributed by atoms with Crippen molar-refractivity contribution in [3.63, 3.8) is 0 Å². The van der Waals surface area contributed by atoms with Gasteiger partial charge in [-0.15, -0.1) is 0 Å². The van der Waals surface area contributed by atoms with Crippen molar-refractivity contribution in [1.29, 1.82) is 0 Å². The van der Waals surface area contributed by atoms with Crippen LogP contribution in [-0.2, 0) is 16.0 Å². The number of fused-ring (bicyclic) bond motifs is 1. The van der Waals surface area contributed by atoms with E-state index in [0.29, 0.717) is 18.8 Å². The van der Waals surface area contributed by atoms with Crippen LogP contribution in [0.2, 0.25) is 0 Å². The summed E-state index contributed by atoms with van der Waals surface area (Å²) in [6.45, 7) is 6.92. The van der Waals surface area contributed by atoms with Gasteiger partial charge in [-0.2, -0.15) is 0 Å². The van der Waals surface area contributed by atoms with Crippen LogP contribution in [-0.4, -0.2) is 44.7 Å². The van der Waals surface area contributed by atoms with Crippen molar-refractivity contribution in [2.45, 2.75) is 38.9 Å². The molecule has 1 aliphatic heterocycles. The highest BCUT2D eigenvalue weighted by Gasteiger charge is 2.22. The Kier molecular flexibility index (Phi) is 7.47. The molecule has 5 nitrogen and oxygen atoms in total. The summed E-state index contributed by atoms with van der Waals surface area (Å²) in [4.78, 5) is 13.3. The van der Waals surface area contributed by atoms with Crippen LogP contribution in [0.3, 0.4) is 0 Å². The normalized spacial score (nSPS) is 16.7. The molecular formula is C23H29FN2O3. The minimum Gasteiger partial charge on any atom is -0.487 e. The van der Waals surface area contributed by atoms with Gasteiger partial charge in [0, 0.05) is 37.9 Å². The zero-order valence-corrected chi connectivity index (χ0v) is 17.1. The summed E-state index contributed by atoms with van der Waals surface area (Å²) < 4.78 is 24.6. The standard InChI is InChI=1S/C23H29FN2O3/c1-3-28-21(16-27)13-18-5-8-20(9-6-18)25-11-4-12-26-15-17(2)29-23-14-19(24)7-10-22(23)26/h5-10,14,16-17,21,25H,3-4,11-13,15H2,1-2H3. The second kappa shape index (κ2) is 10.3. The van der Waals surface area contributed by atoms with Gasteiger partial charge in [0.05, 0.1) is 12.2 Å².